The summed E-state index contributed by atoms with van der Waals surface area (Å²) in [5.74, 6) is -0.178. The van der Waals surface area contributed by atoms with Crippen molar-refractivity contribution in [3.05, 3.63) is 155 Å². The molecule has 1 aromatic heterocycles. The predicted molar refractivity (Wildman–Crippen MR) is 343 cm³/mol. The number of nitrogens with one attached hydrogen (secondary N) is 1. The molecule has 11 rings (SSSR count). The van der Waals surface area contributed by atoms with Gasteiger partial charge in [-0.1, -0.05) is 73.8 Å². The Kier molecular flexibility index (Phi) is 22.4. The number of hydrogen-bond acceptors (Lipinski definition) is 16. The van der Waals surface area contributed by atoms with E-state index in [0.717, 1.165) is 79.2 Å². The number of rotatable bonds is 20. The van der Waals surface area contributed by atoms with Crippen LogP contribution in [-0.4, -0.2) is 143 Å². The minimum absolute atomic E-state index is 0.00153. The highest BCUT2D eigenvalue weighted by Gasteiger charge is 2.49. The second kappa shape index (κ2) is 31.1. The Morgan fingerprint density at radius 3 is 1.53 bits per heavy atom. The Morgan fingerprint density at radius 1 is 0.634 bits per heavy atom. The average Bonchev–Trinajstić information content (AvgIpc) is 1.65. The fourth-order valence-corrected chi connectivity index (χ4v) is 12.8. The summed E-state index contributed by atoms with van der Waals surface area (Å²) < 4.78 is 50.3. The molecule has 6 aliphatic rings. The van der Waals surface area contributed by atoms with E-state index in [1.807, 2.05) is 54.0 Å². The van der Waals surface area contributed by atoms with E-state index in [0.29, 0.717) is 97.4 Å². The number of fused-ring (bicyclic) bond motifs is 4. The van der Waals surface area contributed by atoms with Crippen molar-refractivity contribution in [2.45, 2.75) is 161 Å². The monoisotopic (exact) mass is 1280 g/mol. The van der Waals surface area contributed by atoms with Crippen molar-refractivity contribution in [3.63, 3.8) is 0 Å². The van der Waals surface area contributed by atoms with Crippen molar-refractivity contribution in [3.8, 4) is 11.5 Å². The number of ether oxygens (including phenoxy) is 8. The van der Waals surface area contributed by atoms with E-state index in [-0.39, 0.29) is 80.7 Å². The number of anilines is 3. The van der Waals surface area contributed by atoms with Crippen LogP contribution < -0.4 is 24.6 Å². The highest BCUT2D eigenvalue weighted by molar-refractivity contribution is 6.07. The van der Waals surface area contributed by atoms with Gasteiger partial charge in [0.1, 0.15) is 37.9 Å². The van der Waals surface area contributed by atoms with Gasteiger partial charge in [0, 0.05) is 58.6 Å². The maximum Gasteiger partial charge on any atom is 0.416 e. The van der Waals surface area contributed by atoms with Crippen LogP contribution in [-0.2, 0) is 71.1 Å². The number of aromatic nitrogens is 2. The number of aryl methyl sites for hydroxylation is 3. The van der Waals surface area contributed by atoms with Crippen LogP contribution in [0.15, 0.2) is 104 Å². The fraction of sp³-hybridized carbons (Fsp3) is 0.457. The number of nitrogens with zero attached hydrogens (tertiary/aromatic N) is 6. The molecule has 4 unspecified atom stereocenters. The lowest BCUT2D eigenvalue weighted by Gasteiger charge is -2.42. The Bertz CT molecular complexity index is 3580. The van der Waals surface area contributed by atoms with Gasteiger partial charge in [0.2, 0.25) is 5.91 Å². The van der Waals surface area contributed by atoms with Crippen molar-refractivity contribution in [2.24, 2.45) is 7.05 Å². The summed E-state index contributed by atoms with van der Waals surface area (Å²) in [7, 11) is 1.70. The molecule has 23 nitrogen and oxygen atoms in total. The van der Waals surface area contributed by atoms with Crippen LogP contribution in [0.5, 0.6) is 11.5 Å². The first-order valence-electron chi connectivity index (χ1n) is 32.0. The lowest BCUT2D eigenvalue weighted by Crippen LogP contribution is -2.57. The molecule has 0 bridgehead atoms. The number of benzene rings is 4. The van der Waals surface area contributed by atoms with Gasteiger partial charge in [-0.2, -0.15) is 0 Å². The molecule has 7 heterocycles. The predicted octanol–water partition coefficient (Wildman–Crippen LogP) is 10.9. The molecule has 0 saturated carbocycles. The van der Waals surface area contributed by atoms with Gasteiger partial charge in [0.15, 0.2) is 42.5 Å². The van der Waals surface area contributed by atoms with Gasteiger partial charge in [-0.15, -0.1) is 0 Å². The number of carbonyl (C=O) groups is 7. The van der Waals surface area contributed by atoms with Crippen LogP contribution in [0.3, 0.4) is 0 Å². The molecule has 2 N–H and O–H groups in total. The minimum atomic E-state index is -0.908. The normalized spacial score (nSPS) is 21.0. The largest absolute Gasteiger partial charge is 0.489 e. The summed E-state index contributed by atoms with van der Waals surface area (Å²) in [4.78, 5) is 102. The van der Waals surface area contributed by atoms with Crippen LogP contribution >= 0.6 is 0 Å². The molecule has 4 aromatic carbocycles. The zero-order chi connectivity index (χ0) is 65.7. The lowest BCUT2D eigenvalue weighted by molar-refractivity contribution is -0.199. The smallest absolute Gasteiger partial charge is 0.416 e. The van der Waals surface area contributed by atoms with Crippen molar-refractivity contribution >= 4 is 58.9 Å². The van der Waals surface area contributed by atoms with Crippen LogP contribution in [0.25, 0.3) is 0 Å². The molecule has 4 fully saturated rings. The number of Topliss-reactive ketones (excluding diaryl/α,β-unsaturated/α-hetero) is 1. The molecule has 0 spiro atoms. The second-order valence-electron chi connectivity index (χ2n) is 24.1. The molecule has 0 aliphatic carbocycles. The topological polar surface area (TPSA) is 256 Å². The van der Waals surface area contributed by atoms with Gasteiger partial charge in [-0.3, -0.25) is 24.0 Å². The summed E-state index contributed by atoms with van der Waals surface area (Å²) in [6.07, 6.45) is 10.7. The summed E-state index contributed by atoms with van der Waals surface area (Å²) in [6, 6.07) is 20.9. The fourth-order valence-electron chi connectivity index (χ4n) is 12.8. The molecular formula is C70H83N7O16. The molecule has 93 heavy (non-hydrogen) atoms. The molecule has 494 valence electrons. The molecule has 5 aromatic rings. The van der Waals surface area contributed by atoms with Crippen LogP contribution in [0.4, 0.5) is 26.8 Å². The average molecular weight is 1280 g/mol. The number of aliphatic carboxylic acids is 1. The number of hydrogen-bond donors (Lipinski definition) is 2. The quantitative estimate of drug-likeness (QED) is 0.0542. The molecule has 5 amide bonds. The van der Waals surface area contributed by atoms with Crippen LogP contribution in [0.2, 0.25) is 0 Å². The van der Waals surface area contributed by atoms with E-state index in [1.165, 1.54) is 28.9 Å². The summed E-state index contributed by atoms with van der Waals surface area (Å²) in [6.45, 7) is 15.1. The van der Waals surface area contributed by atoms with Crippen molar-refractivity contribution in [1.82, 2.24) is 19.4 Å². The Balaban J connectivity index is 0.000000207. The number of imidazole rings is 1. The van der Waals surface area contributed by atoms with Gasteiger partial charge >= 0.3 is 18.2 Å². The Hall–Kier alpha value is -8.90. The highest BCUT2D eigenvalue weighted by Crippen LogP contribution is 2.43. The van der Waals surface area contributed by atoms with E-state index in [2.05, 4.69) is 23.5 Å². The first-order chi connectivity index (χ1) is 45.0. The number of piperidine rings is 2. The van der Waals surface area contributed by atoms with Gasteiger partial charge in [0.25, 0.3) is 11.8 Å². The Morgan fingerprint density at radius 2 is 1.10 bits per heavy atom. The van der Waals surface area contributed by atoms with Crippen molar-refractivity contribution in [2.75, 3.05) is 54.6 Å². The summed E-state index contributed by atoms with van der Waals surface area (Å²) in [5, 5.41) is 11.9. The van der Waals surface area contributed by atoms with Crippen LogP contribution in [0.1, 0.15) is 149 Å². The van der Waals surface area contributed by atoms with Gasteiger partial charge in [-0.05, 0) is 136 Å². The molecule has 4 saturated heterocycles. The maximum atomic E-state index is 14.2. The first kappa shape index (κ1) is 67.0. The number of carboxylic acid groups (broad SMARTS) is 1. The standard InChI is InChI=1S/C38H45N5O8.C32H38N2O8/c1-5-16-49-38(47)43-30-21-31(50-23-27-12-10-11-26(19-27)20-33(45)39-32-22-41(4)35(40-32)25(3)44)24(2)18-28(30)36(46)42-15-8-6-13-29(42)37(43)51-34-14-7-9-17-48-34;1-3-14-40-32(38)34-26-19-27(41-20-23-10-8-9-22(17-23)18-28(35)36)21(2)16-24(26)30(37)33-13-6-4-11-25(33)31(34)42-29-12-5-7-15-39-29/h5,10-12,18-19,21-22,29,34,37H,1,6-9,13-17,20,23H2,2-4H3,(H,39,45);3,8-10,16-17,19,25,29,31H,1,4-7,11-15,18,20H2,2H3,(H,35,36)/t29-,34?,37?;25-,29?,31?/m00/s1. The molecular weight excluding hydrogens is 1190 g/mol. The number of carboxylic acids is 1. The van der Waals surface area contributed by atoms with E-state index >= 15 is 0 Å². The van der Waals surface area contributed by atoms with Gasteiger partial charge < -0.3 is 62.7 Å². The van der Waals surface area contributed by atoms with Crippen molar-refractivity contribution in [1.29, 1.82) is 0 Å². The van der Waals surface area contributed by atoms with E-state index in [9.17, 15) is 33.6 Å². The molecule has 0 radical (unpaired) electrons. The second-order valence-corrected chi connectivity index (χ2v) is 24.1. The van der Waals surface area contributed by atoms with Gasteiger partial charge in [0.05, 0.1) is 47.4 Å². The van der Waals surface area contributed by atoms with Crippen LogP contribution in [0, 0.1) is 13.8 Å². The van der Waals surface area contributed by atoms with Gasteiger partial charge in [-0.25, -0.2) is 24.4 Å². The van der Waals surface area contributed by atoms with E-state index in [4.69, 9.17) is 43.0 Å². The SMILES string of the molecule is C=CCOC(=O)N1c2cc(OCc3cccc(CC(=O)Nc4cn(C)c(C(C)=O)n4)c3)c(C)cc2C(=O)N2CCCC[C@H]2C1OC1CCCCO1.C=CCOC(=O)N1c2cc(OCc3cccc(CC(=O)O)c3)c(C)cc2C(=O)N2CCCC[C@H]2C1OC1CCCCO1. The highest BCUT2D eigenvalue weighted by atomic mass is 16.7. The first-order valence-corrected chi connectivity index (χ1v) is 32.0. The maximum absolute atomic E-state index is 14.2. The minimum Gasteiger partial charge on any atom is -0.489 e. The zero-order valence-electron chi connectivity index (χ0n) is 53.3. The number of ketones is 1. The Labute approximate surface area is 541 Å². The summed E-state index contributed by atoms with van der Waals surface area (Å²) in [5.41, 5.74) is 5.95. The summed E-state index contributed by atoms with van der Waals surface area (Å²) >= 11 is 0. The van der Waals surface area contributed by atoms with Crippen molar-refractivity contribution < 1.29 is 76.6 Å². The van der Waals surface area contributed by atoms with E-state index < -0.39 is 43.2 Å². The number of carbonyl (C=O) groups excluding carboxylic acids is 6. The molecule has 23 heteroatoms. The lowest BCUT2D eigenvalue weighted by atomic mass is 10.00. The molecule has 6 atom stereocenters. The number of amides is 5. The third-order valence-corrected chi connectivity index (χ3v) is 17.2. The third-order valence-electron chi connectivity index (χ3n) is 17.2. The zero-order valence-corrected chi connectivity index (χ0v) is 53.3. The molecule has 6 aliphatic heterocycles. The third kappa shape index (κ3) is 16.3. The van der Waals surface area contributed by atoms with E-state index in [1.54, 1.807) is 60.3 Å².